The quantitative estimate of drug-likeness (QED) is 0.531. The van der Waals surface area contributed by atoms with E-state index in [-0.39, 0.29) is 0 Å². The second-order valence-electron chi connectivity index (χ2n) is 2.50. The summed E-state index contributed by atoms with van der Waals surface area (Å²) in [6.07, 6.45) is 0. The Labute approximate surface area is 68.1 Å². The van der Waals surface area contributed by atoms with E-state index in [1.807, 2.05) is 11.3 Å². The predicted octanol–water partition coefficient (Wildman–Crippen LogP) is 0.276. The Balaban J connectivity index is 2.92. The number of thiophene rings is 1. The van der Waals surface area contributed by atoms with Gasteiger partial charge in [-0.15, -0.1) is 0 Å². The average molecular weight is 150 g/mol. The molecule has 0 bridgehead atoms. The van der Waals surface area contributed by atoms with Crippen LogP contribution in [-0.4, -0.2) is 14.6 Å². The summed E-state index contributed by atoms with van der Waals surface area (Å²) >= 11 is 1.94. The summed E-state index contributed by atoms with van der Waals surface area (Å²) in [5.41, 5.74) is 1.53. The van der Waals surface area contributed by atoms with Crippen molar-refractivity contribution in [3.05, 3.63) is 10.9 Å². The van der Waals surface area contributed by atoms with Crippen LogP contribution in [0.5, 0.6) is 0 Å². The van der Waals surface area contributed by atoms with Gasteiger partial charge in [0.1, 0.15) is 0 Å². The molecule has 0 fully saturated rings. The van der Waals surface area contributed by atoms with Gasteiger partial charge < -0.3 is 0 Å². The number of hydrogen-bond acceptors (Lipinski definition) is 1. The van der Waals surface area contributed by atoms with Gasteiger partial charge in [-0.3, -0.25) is 0 Å². The third-order valence-electron chi connectivity index (χ3n) is 1.80. The molecule has 1 aromatic rings. The molecular formula is C7H12B2S. The standard InChI is InChI=1S/C7H12B2S/c1-5-6(8-2)4-7(9-3)10-5/h4,8-9H,1-3H3. The van der Waals surface area contributed by atoms with Gasteiger partial charge in [0.05, 0.1) is 0 Å². The third kappa shape index (κ3) is 1.46. The zero-order valence-electron chi connectivity index (χ0n) is 6.90. The van der Waals surface area contributed by atoms with Crippen molar-refractivity contribution in [1.82, 2.24) is 0 Å². The molecule has 0 spiro atoms. The number of aryl methyl sites for hydroxylation is 1. The van der Waals surface area contributed by atoms with E-state index in [1.54, 1.807) is 0 Å². The second-order valence-corrected chi connectivity index (χ2v) is 3.84. The van der Waals surface area contributed by atoms with Crippen LogP contribution in [0.3, 0.4) is 0 Å². The third-order valence-corrected chi connectivity index (χ3v) is 3.04. The molecule has 0 aliphatic carbocycles. The van der Waals surface area contributed by atoms with Crippen LogP contribution in [0.2, 0.25) is 13.6 Å². The van der Waals surface area contributed by atoms with Crippen molar-refractivity contribution >= 4 is 36.1 Å². The Kier molecular flexibility index (Phi) is 2.61. The van der Waals surface area contributed by atoms with Crippen LogP contribution in [0.25, 0.3) is 0 Å². The first kappa shape index (κ1) is 7.93. The monoisotopic (exact) mass is 150 g/mol. The molecule has 1 aromatic heterocycles. The van der Waals surface area contributed by atoms with Crippen LogP contribution in [0.15, 0.2) is 6.07 Å². The molecule has 0 nitrogen and oxygen atoms in total. The first-order chi connectivity index (χ1) is 4.77. The zero-order chi connectivity index (χ0) is 7.56. The summed E-state index contributed by atoms with van der Waals surface area (Å²) in [5, 5.41) is 0. The highest BCUT2D eigenvalue weighted by Crippen LogP contribution is 2.00. The fourth-order valence-electron chi connectivity index (χ4n) is 1.11. The summed E-state index contributed by atoms with van der Waals surface area (Å²) in [6.45, 7) is 6.64. The SMILES string of the molecule is CBc1cc(BC)c(C)s1. The topological polar surface area (TPSA) is 0 Å². The highest BCUT2D eigenvalue weighted by molar-refractivity contribution is 7.22. The van der Waals surface area contributed by atoms with Crippen molar-refractivity contribution in [3.8, 4) is 0 Å². The minimum atomic E-state index is 1.18. The first-order valence-electron chi connectivity index (χ1n) is 3.86. The maximum Gasteiger partial charge on any atom is 0.167 e. The van der Waals surface area contributed by atoms with Crippen LogP contribution >= 0.6 is 11.3 Å². The predicted molar refractivity (Wildman–Crippen MR) is 54.4 cm³/mol. The van der Waals surface area contributed by atoms with Gasteiger partial charge in [0.25, 0.3) is 0 Å². The highest BCUT2D eigenvalue weighted by Gasteiger charge is 2.01. The highest BCUT2D eigenvalue weighted by atomic mass is 32.1. The van der Waals surface area contributed by atoms with Gasteiger partial charge >= 0.3 is 0 Å². The molecule has 0 unspecified atom stereocenters. The Morgan fingerprint density at radius 3 is 2.30 bits per heavy atom. The van der Waals surface area contributed by atoms with Crippen molar-refractivity contribution in [3.63, 3.8) is 0 Å². The normalized spacial score (nSPS) is 9.50. The maximum atomic E-state index is 2.33. The summed E-state index contributed by atoms with van der Waals surface area (Å²) in [7, 11) is 2.37. The molecule has 0 aliphatic rings. The lowest BCUT2D eigenvalue weighted by Crippen LogP contribution is -2.13. The minimum absolute atomic E-state index is 1.18. The largest absolute Gasteiger partial charge is 0.167 e. The van der Waals surface area contributed by atoms with Gasteiger partial charge in [0.15, 0.2) is 14.6 Å². The lowest BCUT2D eigenvalue weighted by molar-refractivity contribution is 1.68. The fraction of sp³-hybridized carbons (Fsp3) is 0.429. The number of hydrogen-bond donors (Lipinski definition) is 0. The molecule has 0 atom stereocenters. The minimum Gasteiger partial charge on any atom is -0.157 e. The number of rotatable bonds is 2. The fourth-order valence-corrected chi connectivity index (χ4v) is 2.19. The molecule has 10 heavy (non-hydrogen) atoms. The molecule has 0 aromatic carbocycles. The van der Waals surface area contributed by atoms with Gasteiger partial charge in [0.2, 0.25) is 0 Å². The molecule has 52 valence electrons. The molecule has 3 heteroatoms. The van der Waals surface area contributed by atoms with Gasteiger partial charge in [0, 0.05) is 0 Å². The van der Waals surface area contributed by atoms with Crippen LogP contribution in [0.4, 0.5) is 0 Å². The molecule has 1 heterocycles. The lowest BCUT2D eigenvalue weighted by atomic mass is 9.71. The Morgan fingerprint density at radius 1 is 1.30 bits per heavy atom. The Hall–Kier alpha value is -0.170. The molecule has 1 rings (SSSR count). The molecule has 0 N–H and O–H groups in total. The second kappa shape index (κ2) is 3.29. The van der Waals surface area contributed by atoms with Crippen molar-refractivity contribution in [2.24, 2.45) is 0 Å². The van der Waals surface area contributed by atoms with E-state index in [1.165, 1.54) is 29.7 Å². The van der Waals surface area contributed by atoms with Crippen LogP contribution in [-0.2, 0) is 0 Å². The van der Waals surface area contributed by atoms with E-state index in [2.05, 4.69) is 26.6 Å². The summed E-state index contributed by atoms with van der Waals surface area (Å²) in [5.74, 6) is 0. The zero-order valence-corrected chi connectivity index (χ0v) is 7.72. The van der Waals surface area contributed by atoms with E-state index in [9.17, 15) is 0 Å². The van der Waals surface area contributed by atoms with Gasteiger partial charge in [-0.1, -0.05) is 25.2 Å². The summed E-state index contributed by atoms with van der Waals surface area (Å²) in [6, 6.07) is 2.33. The van der Waals surface area contributed by atoms with Crippen molar-refractivity contribution in [1.29, 1.82) is 0 Å². The molecule has 0 radical (unpaired) electrons. The molecule has 0 saturated heterocycles. The average Bonchev–Trinajstić information content (AvgIpc) is 2.30. The van der Waals surface area contributed by atoms with E-state index < -0.39 is 0 Å². The van der Waals surface area contributed by atoms with Gasteiger partial charge in [-0.25, -0.2) is 0 Å². The van der Waals surface area contributed by atoms with Crippen molar-refractivity contribution in [2.45, 2.75) is 20.6 Å². The Morgan fingerprint density at radius 2 is 2.00 bits per heavy atom. The maximum absolute atomic E-state index is 2.33. The lowest BCUT2D eigenvalue weighted by Gasteiger charge is -1.86. The smallest absolute Gasteiger partial charge is 0.157 e. The molecule has 0 saturated carbocycles. The van der Waals surface area contributed by atoms with E-state index >= 15 is 0 Å². The van der Waals surface area contributed by atoms with E-state index in [0.29, 0.717) is 0 Å². The van der Waals surface area contributed by atoms with Gasteiger partial charge in [-0.05, 0) is 16.6 Å². The van der Waals surface area contributed by atoms with Crippen molar-refractivity contribution in [2.75, 3.05) is 0 Å². The van der Waals surface area contributed by atoms with E-state index in [4.69, 9.17) is 0 Å². The van der Waals surface area contributed by atoms with E-state index in [0.717, 1.165) is 0 Å². The molecular weight excluding hydrogens is 138 g/mol. The molecule has 0 aliphatic heterocycles. The summed E-state index contributed by atoms with van der Waals surface area (Å²) < 4.78 is 1.52. The van der Waals surface area contributed by atoms with Crippen LogP contribution < -0.4 is 10.2 Å². The summed E-state index contributed by atoms with van der Waals surface area (Å²) in [4.78, 5) is 1.50. The Bertz CT molecular complexity index is 217. The van der Waals surface area contributed by atoms with Crippen molar-refractivity contribution < 1.29 is 0 Å². The van der Waals surface area contributed by atoms with Crippen LogP contribution in [0, 0.1) is 6.92 Å². The first-order valence-corrected chi connectivity index (χ1v) is 4.67. The molecule has 0 amide bonds. The van der Waals surface area contributed by atoms with Gasteiger partial charge in [-0.2, -0.15) is 11.3 Å². The van der Waals surface area contributed by atoms with Crippen LogP contribution in [0.1, 0.15) is 4.88 Å².